The second-order valence-electron chi connectivity index (χ2n) is 5.97. The fourth-order valence-corrected chi connectivity index (χ4v) is 3.83. The Labute approximate surface area is 162 Å². The van der Waals surface area contributed by atoms with Crippen molar-refractivity contribution in [3.05, 3.63) is 64.8 Å². The quantitative estimate of drug-likeness (QED) is 0.628. The van der Waals surface area contributed by atoms with Gasteiger partial charge < -0.3 is 9.84 Å². The standard InChI is InChI=1S/C19H18ClNO5S/c1-12-3-6-14(7-4-12)27(23,24)26-11-18(22)19-15-9-13(25-2)5-8-17(15)21-10-16(19)20/h3-10,18,22H,11H2,1-2H3. The van der Waals surface area contributed by atoms with Crippen LogP contribution in [0.4, 0.5) is 0 Å². The normalized spacial score (nSPS) is 12.9. The van der Waals surface area contributed by atoms with Crippen LogP contribution in [-0.4, -0.2) is 32.2 Å². The van der Waals surface area contributed by atoms with E-state index >= 15 is 0 Å². The van der Waals surface area contributed by atoms with Crippen LogP contribution in [0.1, 0.15) is 17.2 Å². The highest BCUT2D eigenvalue weighted by molar-refractivity contribution is 7.86. The Bertz CT molecular complexity index is 1070. The fraction of sp³-hybridized carbons (Fsp3) is 0.211. The van der Waals surface area contributed by atoms with Crippen molar-refractivity contribution in [1.82, 2.24) is 4.98 Å². The first-order chi connectivity index (χ1) is 12.8. The van der Waals surface area contributed by atoms with Gasteiger partial charge in [0.15, 0.2) is 0 Å². The fourth-order valence-electron chi connectivity index (χ4n) is 2.64. The van der Waals surface area contributed by atoms with E-state index in [0.29, 0.717) is 22.2 Å². The average Bonchev–Trinajstić information content (AvgIpc) is 2.66. The smallest absolute Gasteiger partial charge is 0.297 e. The molecule has 0 aliphatic carbocycles. The third kappa shape index (κ3) is 4.22. The Balaban J connectivity index is 1.89. The van der Waals surface area contributed by atoms with Gasteiger partial charge in [-0.25, -0.2) is 0 Å². The van der Waals surface area contributed by atoms with Gasteiger partial charge in [-0.1, -0.05) is 29.3 Å². The minimum atomic E-state index is -4.00. The van der Waals surface area contributed by atoms with Gasteiger partial charge in [-0.05, 0) is 37.3 Å². The number of aliphatic hydroxyl groups is 1. The highest BCUT2D eigenvalue weighted by Crippen LogP contribution is 2.32. The average molecular weight is 408 g/mol. The maximum atomic E-state index is 12.3. The number of rotatable bonds is 6. The molecule has 0 saturated carbocycles. The van der Waals surface area contributed by atoms with E-state index in [4.69, 9.17) is 20.5 Å². The third-order valence-corrected chi connectivity index (χ3v) is 5.69. The SMILES string of the molecule is COc1ccc2ncc(Cl)c(C(O)COS(=O)(=O)c3ccc(C)cc3)c2c1. The summed E-state index contributed by atoms with van der Waals surface area (Å²) >= 11 is 6.21. The summed E-state index contributed by atoms with van der Waals surface area (Å²) < 4.78 is 34.9. The molecule has 0 aliphatic heterocycles. The molecule has 0 fully saturated rings. The van der Waals surface area contributed by atoms with Gasteiger partial charge in [0.25, 0.3) is 10.1 Å². The monoisotopic (exact) mass is 407 g/mol. The van der Waals surface area contributed by atoms with Gasteiger partial charge in [0.2, 0.25) is 0 Å². The topological polar surface area (TPSA) is 85.7 Å². The molecule has 1 aromatic heterocycles. The van der Waals surface area contributed by atoms with Crippen LogP contribution < -0.4 is 4.74 Å². The van der Waals surface area contributed by atoms with Crippen molar-refractivity contribution in [2.75, 3.05) is 13.7 Å². The number of halogens is 1. The van der Waals surface area contributed by atoms with Crippen LogP contribution in [0.25, 0.3) is 10.9 Å². The van der Waals surface area contributed by atoms with Crippen LogP contribution in [0.5, 0.6) is 5.75 Å². The molecule has 1 unspecified atom stereocenters. The molecule has 0 aliphatic rings. The predicted molar refractivity (Wildman–Crippen MR) is 103 cm³/mol. The van der Waals surface area contributed by atoms with Gasteiger partial charge in [0.05, 0.1) is 29.2 Å². The molecule has 27 heavy (non-hydrogen) atoms. The molecule has 1 N–H and O–H groups in total. The lowest BCUT2D eigenvalue weighted by molar-refractivity contribution is 0.112. The Hall–Kier alpha value is -2.19. The molecule has 142 valence electrons. The largest absolute Gasteiger partial charge is 0.497 e. The van der Waals surface area contributed by atoms with E-state index in [2.05, 4.69) is 4.98 Å². The van der Waals surface area contributed by atoms with Crippen LogP contribution >= 0.6 is 11.6 Å². The predicted octanol–water partition coefficient (Wildman–Crippen LogP) is 3.64. The molecule has 2 aromatic carbocycles. The first-order valence-corrected chi connectivity index (χ1v) is 9.87. The van der Waals surface area contributed by atoms with E-state index in [1.165, 1.54) is 25.4 Å². The van der Waals surface area contributed by atoms with Gasteiger partial charge in [-0.2, -0.15) is 8.42 Å². The highest BCUT2D eigenvalue weighted by atomic mass is 35.5. The van der Waals surface area contributed by atoms with Gasteiger partial charge in [0.1, 0.15) is 11.9 Å². The maximum Gasteiger partial charge on any atom is 0.297 e. The van der Waals surface area contributed by atoms with Crippen LogP contribution in [-0.2, 0) is 14.3 Å². The van der Waals surface area contributed by atoms with Crippen molar-refractivity contribution in [3.63, 3.8) is 0 Å². The number of hydrogen-bond acceptors (Lipinski definition) is 6. The Morgan fingerprint density at radius 1 is 1.19 bits per heavy atom. The van der Waals surface area contributed by atoms with Crippen LogP contribution in [0, 0.1) is 6.92 Å². The Kier molecular flexibility index (Phi) is 5.67. The lowest BCUT2D eigenvalue weighted by atomic mass is 10.0. The molecule has 0 saturated heterocycles. The summed E-state index contributed by atoms with van der Waals surface area (Å²) in [7, 11) is -2.48. The number of aryl methyl sites for hydroxylation is 1. The molecule has 3 rings (SSSR count). The van der Waals surface area contributed by atoms with Crippen molar-refractivity contribution in [1.29, 1.82) is 0 Å². The maximum absolute atomic E-state index is 12.3. The van der Waals surface area contributed by atoms with Crippen molar-refractivity contribution in [2.24, 2.45) is 0 Å². The molecule has 1 heterocycles. The summed E-state index contributed by atoms with van der Waals surface area (Å²) in [6.07, 6.45) is 0.138. The van der Waals surface area contributed by atoms with Gasteiger partial charge in [-0.15, -0.1) is 0 Å². The molecule has 1 atom stereocenters. The number of nitrogens with zero attached hydrogens (tertiary/aromatic N) is 1. The van der Waals surface area contributed by atoms with Crippen molar-refractivity contribution >= 4 is 32.6 Å². The minimum absolute atomic E-state index is 0.0210. The molecule has 0 radical (unpaired) electrons. The van der Waals surface area contributed by atoms with Crippen molar-refractivity contribution < 1.29 is 22.4 Å². The summed E-state index contributed by atoms with van der Waals surface area (Å²) in [5.41, 5.74) is 1.85. The lowest BCUT2D eigenvalue weighted by Gasteiger charge is -2.16. The third-order valence-electron chi connectivity index (χ3n) is 4.09. The number of ether oxygens (including phenoxy) is 1. The van der Waals surface area contributed by atoms with Crippen LogP contribution in [0.3, 0.4) is 0 Å². The van der Waals surface area contributed by atoms with E-state index in [0.717, 1.165) is 5.56 Å². The first-order valence-electron chi connectivity index (χ1n) is 8.08. The molecule has 0 bridgehead atoms. The highest BCUT2D eigenvalue weighted by Gasteiger charge is 2.22. The number of aromatic nitrogens is 1. The molecular formula is C19H18ClNO5S. The summed E-state index contributed by atoms with van der Waals surface area (Å²) in [6, 6.07) is 11.4. The summed E-state index contributed by atoms with van der Waals surface area (Å²) in [5, 5.41) is 11.3. The van der Waals surface area contributed by atoms with Crippen molar-refractivity contribution in [3.8, 4) is 5.75 Å². The van der Waals surface area contributed by atoms with Crippen LogP contribution in [0.2, 0.25) is 5.02 Å². The van der Waals surface area contributed by atoms with E-state index in [-0.39, 0.29) is 9.92 Å². The number of aliphatic hydroxyl groups excluding tert-OH is 1. The number of benzene rings is 2. The van der Waals surface area contributed by atoms with Crippen LogP contribution in [0.15, 0.2) is 53.6 Å². The van der Waals surface area contributed by atoms with E-state index < -0.39 is 22.8 Å². The summed E-state index contributed by atoms with van der Waals surface area (Å²) in [4.78, 5) is 4.23. The number of pyridine rings is 1. The molecule has 0 spiro atoms. The second kappa shape index (κ2) is 7.82. The van der Waals surface area contributed by atoms with Gasteiger partial charge in [0, 0.05) is 17.1 Å². The first kappa shape index (κ1) is 19.6. The minimum Gasteiger partial charge on any atom is -0.497 e. The Morgan fingerprint density at radius 2 is 1.89 bits per heavy atom. The summed E-state index contributed by atoms with van der Waals surface area (Å²) in [6.45, 7) is 1.37. The van der Waals surface area contributed by atoms with Gasteiger partial charge >= 0.3 is 0 Å². The molecule has 3 aromatic rings. The zero-order valence-corrected chi connectivity index (χ0v) is 16.3. The summed E-state index contributed by atoms with van der Waals surface area (Å²) in [5.74, 6) is 0.563. The number of hydrogen-bond donors (Lipinski definition) is 1. The van der Waals surface area contributed by atoms with Gasteiger partial charge in [-0.3, -0.25) is 9.17 Å². The Morgan fingerprint density at radius 3 is 2.56 bits per heavy atom. The molecule has 0 amide bonds. The zero-order chi connectivity index (χ0) is 19.6. The zero-order valence-electron chi connectivity index (χ0n) is 14.7. The van der Waals surface area contributed by atoms with E-state index in [1.54, 1.807) is 30.3 Å². The van der Waals surface area contributed by atoms with E-state index in [1.807, 2.05) is 6.92 Å². The number of fused-ring (bicyclic) bond motifs is 1. The lowest BCUT2D eigenvalue weighted by Crippen LogP contribution is -2.14. The molecular weight excluding hydrogens is 390 g/mol. The van der Waals surface area contributed by atoms with E-state index in [9.17, 15) is 13.5 Å². The van der Waals surface area contributed by atoms with Crippen molar-refractivity contribution in [2.45, 2.75) is 17.9 Å². The molecule has 6 nitrogen and oxygen atoms in total. The molecule has 8 heteroatoms. The number of methoxy groups -OCH3 is 1. The second-order valence-corrected chi connectivity index (χ2v) is 7.99.